The van der Waals surface area contributed by atoms with E-state index in [1.807, 2.05) is 74.5 Å². The zero-order valence-corrected chi connectivity index (χ0v) is 15.4. The molecule has 1 N–H and O–H groups in total. The van der Waals surface area contributed by atoms with Crippen molar-refractivity contribution in [3.8, 4) is 11.1 Å². The molecule has 0 aliphatic carbocycles. The van der Waals surface area contributed by atoms with Crippen LogP contribution in [0.1, 0.15) is 21.5 Å². The van der Waals surface area contributed by atoms with Crippen LogP contribution in [-0.2, 0) is 9.53 Å². The van der Waals surface area contributed by atoms with Crippen LogP contribution in [0, 0.1) is 13.8 Å². The highest BCUT2D eigenvalue weighted by molar-refractivity contribution is 5.96. The standard InChI is InChI=1S/C23H21NO3/c1-16-8-13-21(17(2)14-16)24-22(25)15-27-23(26)20-11-9-19(10-12-20)18-6-4-3-5-7-18/h3-14H,15H2,1-2H3,(H,24,25). The van der Waals surface area contributed by atoms with Gasteiger partial charge in [-0.25, -0.2) is 4.79 Å². The van der Waals surface area contributed by atoms with Gasteiger partial charge in [0.2, 0.25) is 0 Å². The number of esters is 1. The molecule has 0 saturated carbocycles. The number of rotatable bonds is 5. The van der Waals surface area contributed by atoms with E-state index in [-0.39, 0.29) is 12.5 Å². The molecule has 0 aliphatic heterocycles. The van der Waals surface area contributed by atoms with Crippen LogP contribution >= 0.6 is 0 Å². The summed E-state index contributed by atoms with van der Waals surface area (Å²) >= 11 is 0. The van der Waals surface area contributed by atoms with Crippen molar-refractivity contribution in [1.29, 1.82) is 0 Å². The van der Waals surface area contributed by atoms with E-state index in [2.05, 4.69) is 5.32 Å². The molecule has 0 heterocycles. The third-order valence-corrected chi connectivity index (χ3v) is 4.22. The number of carbonyl (C=O) groups is 2. The van der Waals surface area contributed by atoms with Crippen molar-refractivity contribution in [2.45, 2.75) is 13.8 Å². The highest BCUT2D eigenvalue weighted by Crippen LogP contribution is 2.19. The summed E-state index contributed by atoms with van der Waals surface area (Å²) < 4.78 is 5.12. The summed E-state index contributed by atoms with van der Waals surface area (Å²) in [6.45, 7) is 3.58. The van der Waals surface area contributed by atoms with Crippen molar-refractivity contribution in [2.75, 3.05) is 11.9 Å². The predicted molar refractivity (Wildman–Crippen MR) is 107 cm³/mol. The van der Waals surface area contributed by atoms with Crippen molar-refractivity contribution in [1.82, 2.24) is 0 Å². The van der Waals surface area contributed by atoms with Crippen LogP contribution in [0.3, 0.4) is 0 Å². The Balaban J connectivity index is 1.56. The van der Waals surface area contributed by atoms with Gasteiger partial charge in [-0.05, 0) is 48.7 Å². The number of hydrogen-bond acceptors (Lipinski definition) is 3. The highest BCUT2D eigenvalue weighted by Gasteiger charge is 2.11. The van der Waals surface area contributed by atoms with E-state index >= 15 is 0 Å². The molecule has 0 fully saturated rings. The van der Waals surface area contributed by atoms with Crippen LogP contribution < -0.4 is 5.32 Å². The van der Waals surface area contributed by atoms with Gasteiger partial charge in [0, 0.05) is 5.69 Å². The molecule has 0 aromatic heterocycles. The van der Waals surface area contributed by atoms with Crippen molar-refractivity contribution >= 4 is 17.6 Å². The van der Waals surface area contributed by atoms with Gasteiger partial charge in [-0.15, -0.1) is 0 Å². The van der Waals surface area contributed by atoms with Gasteiger partial charge >= 0.3 is 5.97 Å². The third-order valence-electron chi connectivity index (χ3n) is 4.22. The molecule has 0 bridgehead atoms. The monoisotopic (exact) mass is 359 g/mol. The third kappa shape index (κ3) is 4.82. The van der Waals surface area contributed by atoms with Crippen molar-refractivity contribution < 1.29 is 14.3 Å². The van der Waals surface area contributed by atoms with E-state index < -0.39 is 5.97 Å². The lowest BCUT2D eigenvalue weighted by Gasteiger charge is -2.10. The van der Waals surface area contributed by atoms with Gasteiger partial charge in [-0.3, -0.25) is 4.79 Å². The molecule has 136 valence electrons. The first-order valence-corrected chi connectivity index (χ1v) is 8.72. The number of aryl methyl sites for hydroxylation is 2. The normalized spacial score (nSPS) is 10.3. The van der Waals surface area contributed by atoms with Crippen LogP contribution in [0.5, 0.6) is 0 Å². The summed E-state index contributed by atoms with van der Waals surface area (Å²) in [5, 5.41) is 2.76. The Bertz CT molecular complexity index is 947. The lowest BCUT2D eigenvalue weighted by Crippen LogP contribution is -2.21. The maximum absolute atomic E-state index is 12.2. The fourth-order valence-electron chi connectivity index (χ4n) is 2.78. The van der Waals surface area contributed by atoms with Gasteiger partial charge in [0.05, 0.1) is 5.56 Å². The smallest absolute Gasteiger partial charge is 0.338 e. The van der Waals surface area contributed by atoms with Crippen molar-refractivity contribution in [3.63, 3.8) is 0 Å². The number of anilines is 1. The average molecular weight is 359 g/mol. The highest BCUT2D eigenvalue weighted by atomic mass is 16.5. The van der Waals surface area contributed by atoms with Crippen LogP contribution in [0.25, 0.3) is 11.1 Å². The minimum absolute atomic E-state index is 0.327. The van der Waals surface area contributed by atoms with Gasteiger partial charge in [0.25, 0.3) is 5.91 Å². The van der Waals surface area contributed by atoms with Gasteiger partial charge in [-0.2, -0.15) is 0 Å². The van der Waals surface area contributed by atoms with E-state index in [1.54, 1.807) is 12.1 Å². The van der Waals surface area contributed by atoms with Crippen molar-refractivity contribution in [2.24, 2.45) is 0 Å². The number of hydrogen-bond donors (Lipinski definition) is 1. The average Bonchev–Trinajstić information content (AvgIpc) is 2.69. The van der Waals surface area contributed by atoms with E-state index in [4.69, 9.17) is 4.74 Å². The minimum Gasteiger partial charge on any atom is -0.452 e. The first-order chi connectivity index (χ1) is 13.0. The Morgan fingerprint density at radius 3 is 2.19 bits per heavy atom. The van der Waals surface area contributed by atoms with E-state index in [9.17, 15) is 9.59 Å². The molecule has 1 amide bonds. The van der Waals surface area contributed by atoms with Crippen molar-refractivity contribution in [3.05, 3.63) is 89.5 Å². The van der Waals surface area contributed by atoms with Gasteiger partial charge in [0.15, 0.2) is 6.61 Å². The SMILES string of the molecule is Cc1ccc(NC(=O)COC(=O)c2ccc(-c3ccccc3)cc2)c(C)c1. The fraction of sp³-hybridized carbons (Fsp3) is 0.130. The molecule has 0 spiro atoms. The summed E-state index contributed by atoms with van der Waals surface area (Å²) in [5.41, 5.74) is 5.30. The molecule has 3 rings (SSSR count). The second-order valence-corrected chi connectivity index (χ2v) is 6.39. The number of ether oxygens (including phenoxy) is 1. The Labute approximate surface area is 158 Å². The minimum atomic E-state index is -0.523. The Morgan fingerprint density at radius 2 is 1.52 bits per heavy atom. The van der Waals surface area contributed by atoms with E-state index in [1.165, 1.54) is 0 Å². The lowest BCUT2D eigenvalue weighted by molar-refractivity contribution is -0.119. The molecule has 4 nitrogen and oxygen atoms in total. The first kappa shape index (κ1) is 18.4. The molecule has 0 atom stereocenters. The molecular weight excluding hydrogens is 338 g/mol. The quantitative estimate of drug-likeness (QED) is 0.668. The second-order valence-electron chi connectivity index (χ2n) is 6.39. The molecule has 3 aromatic rings. The first-order valence-electron chi connectivity index (χ1n) is 8.72. The van der Waals surface area contributed by atoms with Gasteiger partial charge in [0.1, 0.15) is 0 Å². The summed E-state index contributed by atoms with van der Waals surface area (Å²) in [4.78, 5) is 24.2. The van der Waals surface area contributed by atoms with E-state index in [0.29, 0.717) is 11.3 Å². The second kappa shape index (κ2) is 8.32. The molecule has 3 aromatic carbocycles. The predicted octanol–water partition coefficient (Wildman–Crippen LogP) is 4.77. The topological polar surface area (TPSA) is 55.4 Å². The van der Waals surface area contributed by atoms with Gasteiger partial charge in [-0.1, -0.05) is 60.2 Å². The maximum atomic E-state index is 12.2. The Kier molecular flexibility index (Phi) is 5.67. The number of benzene rings is 3. The molecule has 4 heteroatoms. The van der Waals surface area contributed by atoms with Gasteiger partial charge < -0.3 is 10.1 Å². The van der Waals surface area contributed by atoms with Crippen LogP contribution in [0.4, 0.5) is 5.69 Å². The zero-order valence-electron chi connectivity index (χ0n) is 15.4. The molecule has 27 heavy (non-hydrogen) atoms. The maximum Gasteiger partial charge on any atom is 0.338 e. The van der Waals surface area contributed by atoms with Crippen LogP contribution in [0.15, 0.2) is 72.8 Å². The summed E-state index contributed by atoms with van der Waals surface area (Å²) in [5.74, 6) is -0.887. The van der Waals surface area contributed by atoms with Crippen LogP contribution in [-0.4, -0.2) is 18.5 Å². The summed E-state index contributed by atoms with van der Waals surface area (Å²) in [6, 6.07) is 22.8. The largest absolute Gasteiger partial charge is 0.452 e. The Hall–Kier alpha value is -3.40. The molecule has 0 aliphatic rings. The lowest BCUT2D eigenvalue weighted by atomic mass is 10.0. The number of carbonyl (C=O) groups excluding carboxylic acids is 2. The summed E-state index contributed by atoms with van der Waals surface area (Å²) in [7, 11) is 0. The number of amides is 1. The molecule has 0 unspecified atom stereocenters. The molecular formula is C23H21NO3. The Morgan fingerprint density at radius 1 is 0.852 bits per heavy atom. The molecule has 0 radical (unpaired) electrons. The summed E-state index contributed by atoms with van der Waals surface area (Å²) in [6.07, 6.45) is 0. The number of nitrogens with one attached hydrogen (secondary N) is 1. The zero-order chi connectivity index (χ0) is 19.2. The molecule has 0 saturated heterocycles. The fourth-order valence-corrected chi connectivity index (χ4v) is 2.78. The van der Waals surface area contributed by atoms with Crippen LogP contribution in [0.2, 0.25) is 0 Å². The van der Waals surface area contributed by atoms with E-state index in [0.717, 1.165) is 22.3 Å².